The molecule has 2 fully saturated rings. The van der Waals surface area contributed by atoms with Crippen LogP contribution in [0.5, 0.6) is 0 Å². The van der Waals surface area contributed by atoms with Crippen molar-refractivity contribution in [2.75, 3.05) is 13.2 Å². The molecule has 0 heterocycles. The Morgan fingerprint density at radius 2 is 1.78 bits per heavy atom. The second-order valence-corrected chi connectivity index (χ2v) is 10.7. The highest BCUT2D eigenvalue weighted by molar-refractivity contribution is 6.20. The summed E-state index contributed by atoms with van der Waals surface area (Å²) in [6, 6.07) is 10.3. The van der Waals surface area contributed by atoms with E-state index in [2.05, 4.69) is 29.6 Å². The summed E-state index contributed by atoms with van der Waals surface area (Å²) in [7, 11) is 0. The number of rotatable bonds is 12. The number of aliphatic hydroxyl groups excluding tert-OH is 1. The number of hydrogen-bond acceptors (Lipinski definition) is 4. The SMILES string of the molecule is CCOC[C@H](CCc1ccccc1)N[C@@H](CC1CCC(C2CCCC(Cl)C2)CC1)C(O)O. The second-order valence-electron chi connectivity index (χ2n) is 10.1. The van der Waals surface area contributed by atoms with Gasteiger partial charge in [0, 0.05) is 18.0 Å². The molecule has 1 aromatic carbocycles. The number of halogens is 1. The van der Waals surface area contributed by atoms with Crippen LogP contribution in [-0.4, -0.2) is 47.2 Å². The van der Waals surface area contributed by atoms with Crippen LogP contribution < -0.4 is 5.32 Å². The summed E-state index contributed by atoms with van der Waals surface area (Å²) in [4.78, 5) is 0. The first kappa shape index (κ1) is 26.0. The largest absolute Gasteiger partial charge is 0.380 e. The van der Waals surface area contributed by atoms with Gasteiger partial charge in [0.25, 0.3) is 0 Å². The second kappa shape index (κ2) is 13.9. The van der Waals surface area contributed by atoms with E-state index in [1.807, 2.05) is 13.0 Å². The summed E-state index contributed by atoms with van der Waals surface area (Å²) in [5, 5.41) is 24.2. The molecule has 0 radical (unpaired) electrons. The topological polar surface area (TPSA) is 61.7 Å². The van der Waals surface area contributed by atoms with Gasteiger partial charge in [0.15, 0.2) is 6.29 Å². The van der Waals surface area contributed by atoms with Crippen molar-refractivity contribution in [3.8, 4) is 0 Å². The lowest BCUT2D eigenvalue weighted by molar-refractivity contribution is -0.0780. The van der Waals surface area contributed by atoms with E-state index in [0.717, 1.165) is 31.1 Å². The summed E-state index contributed by atoms with van der Waals surface area (Å²) in [6.07, 6.45) is 11.3. The van der Waals surface area contributed by atoms with E-state index < -0.39 is 6.29 Å². The van der Waals surface area contributed by atoms with Crippen LogP contribution in [0.15, 0.2) is 30.3 Å². The number of benzene rings is 1. The minimum Gasteiger partial charge on any atom is -0.380 e. The van der Waals surface area contributed by atoms with Gasteiger partial charge in [-0.05, 0) is 75.2 Å². The van der Waals surface area contributed by atoms with Crippen LogP contribution in [0.25, 0.3) is 0 Å². The van der Waals surface area contributed by atoms with Gasteiger partial charge in [-0.1, -0.05) is 56.0 Å². The quantitative estimate of drug-likeness (QED) is 0.290. The van der Waals surface area contributed by atoms with Crippen molar-refractivity contribution in [2.45, 2.75) is 101 Å². The van der Waals surface area contributed by atoms with E-state index in [1.165, 1.54) is 56.9 Å². The van der Waals surface area contributed by atoms with Crippen LogP contribution in [-0.2, 0) is 11.2 Å². The van der Waals surface area contributed by atoms with Crippen molar-refractivity contribution >= 4 is 11.6 Å². The van der Waals surface area contributed by atoms with Crippen LogP contribution in [0, 0.1) is 17.8 Å². The van der Waals surface area contributed by atoms with Crippen molar-refractivity contribution in [1.82, 2.24) is 5.32 Å². The standard InChI is InChI=1S/C27H44ClNO3/c1-2-32-19-25(16-13-20-7-4-3-5-8-20)29-26(27(30)31)17-21-11-14-22(15-12-21)23-9-6-10-24(28)18-23/h3-5,7-8,21-27,29-31H,2,6,9-19H2,1H3/t21?,22?,23?,24?,25-,26-/m0/s1. The molecule has 182 valence electrons. The predicted octanol–water partition coefficient (Wildman–Crippen LogP) is 5.29. The molecule has 2 saturated carbocycles. The molecule has 3 N–H and O–H groups in total. The molecule has 0 aliphatic heterocycles. The van der Waals surface area contributed by atoms with Gasteiger partial charge in [0.2, 0.25) is 0 Å². The number of nitrogens with one attached hydrogen (secondary N) is 1. The molecule has 4 atom stereocenters. The molecule has 0 saturated heterocycles. The molecule has 0 bridgehead atoms. The Hall–Kier alpha value is -0.650. The van der Waals surface area contributed by atoms with E-state index in [1.54, 1.807) is 0 Å². The van der Waals surface area contributed by atoms with Crippen LogP contribution >= 0.6 is 11.6 Å². The van der Waals surface area contributed by atoms with Crippen molar-refractivity contribution in [3.05, 3.63) is 35.9 Å². The molecule has 1 aromatic rings. The van der Waals surface area contributed by atoms with Gasteiger partial charge >= 0.3 is 0 Å². The lowest BCUT2D eigenvalue weighted by atomic mass is 9.70. The van der Waals surface area contributed by atoms with Crippen LogP contribution in [0.2, 0.25) is 0 Å². The monoisotopic (exact) mass is 465 g/mol. The molecule has 0 spiro atoms. The first-order valence-electron chi connectivity index (χ1n) is 12.9. The van der Waals surface area contributed by atoms with Crippen LogP contribution in [0.3, 0.4) is 0 Å². The van der Waals surface area contributed by atoms with E-state index in [-0.39, 0.29) is 12.1 Å². The maximum Gasteiger partial charge on any atom is 0.167 e. The van der Waals surface area contributed by atoms with Crippen molar-refractivity contribution in [2.24, 2.45) is 17.8 Å². The van der Waals surface area contributed by atoms with Crippen LogP contribution in [0.4, 0.5) is 0 Å². The highest BCUT2D eigenvalue weighted by Crippen LogP contribution is 2.42. The molecule has 5 heteroatoms. The fourth-order valence-corrected chi connectivity index (χ4v) is 6.27. The molecule has 0 amide bonds. The normalized spacial score (nSPS) is 28.5. The number of aliphatic hydroxyl groups is 2. The smallest absolute Gasteiger partial charge is 0.167 e. The lowest BCUT2D eigenvalue weighted by Gasteiger charge is -2.38. The molecular formula is C27H44ClNO3. The summed E-state index contributed by atoms with van der Waals surface area (Å²) in [6.45, 7) is 3.27. The van der Waals surface area contributed by atoms with Gasteiger partial charge in [-0.3, -0.25) is 0 Å². The van der Waals surface area contributed by atoms with Gasteiger partial charge in [0.1, 0.15) is 0 Å². The fourth-order valence-electron chi connectivity index (χ4n) is 5.89. The Morgan fingerprint density at radius 1 is 1.03 bits per heavy atom. The highest BCUT2D eigenvalue weighted by atomic mass is 35.5. The first-order chi connectivity index (χ1) is 15.5. The Labute approximate surface area is 200 Å². The minimum atomic E-state index is -1.34. The number of alkyl halides is 1. The van der Waals surface area contributed by atoms with Gasteiger partial charge in [-0.25, -0.2) is 0 Å². The van der Waals surface area contributed by atoms with E-state index in [4.69, 9.17) is 16.3 Å². The summed E-state index contributed by atoms with van der Waals surface area (Å²) >= 11 is 6.44. The maximum absolute atomic E-state index is 10.1. The lowest BCUT2D eigenvalue weighted by Crippen LogP contribution is -2.48. The summed E-state index contributed by atoms with van der Waals surface area (Å²) in [5.41, 5.74) is 1.30. The average Bonchev–Trinajstić information content (AvgIpc) is 2.81. The molecule has 3 rings (SSSR count). The molecule has 2 unspecified atom stereocenters. The van der Waals surface area contributed by atoms with Gasteiger partial charge in [0.05, 0.1) is 12.6 Å². The molecular weight excluding hydrogens is 422 g/mol. The molecule has 2 aliphatic carbocycles. The highest BCUT2D eigenvalue weighted by Gasteiger charge is 2.33. The number of hydrogen-bond donors (Lipinski definition) is 3. The van der Waals surface area contributed by atoms with Crippen molar-refractivity contribution in [1.29, 1.82) is 0 Å². The molecule has 32 heavy (non-hydrogen) atoms. The zero-order valence-electron chi connectivity index (χ0n) is 19.8. The van der Waals surface area contributed by atoms with Gasteiger partial charge in [-0.15, -0.1) is 11.6 Å². The van der Waals surface area contributed by atoms with Gasteiger partial charge in [-0.2, -0.15) is 0 Å². The first-order valence-corrected chi connectivity index (χ1v) is 13.4. The van der Waals surface area contributed by atoms with E-state index in [9.17, 15) is 10.2 Å². The van der Waals surface area contributed by atoms with E-state index in [0.29, 0.717) is 24.5 Å². The van der Waals surface area contributed by atoms with Gasteiger partial charge < -0.3 is 20.3 Å². The van der Waals surface area contributed by atoms with Crippen molar-refractivity contribution < 1.29 is 14.9 Å². The Morgan fingerprint density at radius 3 is 2.44 bits per heavy atom. The Balaban J connectivity index is 1.48. The minimum absolute atomic E-state index is 0.112. The van der Waals surface area contributed by atoms with Crippen molar-refractivity contribution in [3.63, 3.8) is 0 Å². The molecule has 4 nitrogen and oxygen atoms in total. The van der Waals surface area contributed by atoms with Crippen LogP contribution in [0.1, 0.15) is 76.7 Å². The van der Waals surface area contributed by atoms with E-state index >= 15 is 0 Å². The average molecular weight is 466 g/mol. The maximum atomic E-state index is 10.1. The molecule has 0 aromatic heterocycles. The zero-order valence-corrected chi connectivity index (χ0v) is 20.6. The Bertz CT molecular complexity index is 621. The fraction of sp³-hybridized carbons (Fsp3) is 0.778. The zero-order chi connectivity index (χ0) is 22.8. The number of ether oxygens (including phenoxy) is 1. The summed E-state index contributed by atoms with van der Waals surface area (Å²) in [5.74, 6) is 2.18. The number of aryl methyl sites for hydroxylation is 1. The third-order valence-electron chi connectivity index (χ3n) is 7.75. The third-order valence-corrected chi connectivity index (χ3v) is 8.15. The predicted molar refractivity (Wildman–Crippen MR) is 132 cm³/mol. The molecule has 2 aliphatic rings. The Kier molecular flexibility index (Phi) is 11.3. The third kappa shape index (κ3) is 8.61. The summed E-state index contributed by atoms with van der Waals surface area (Å²) < 4.78 is 5.71.